The lowest BCUT2D eigenvalue weighted by atomic mass is 9.75. The Kier molecular flexibility index (Phi) is 9.46. The number of ether oxygens (including phenoxy) is 1. The number of hydrogen-bond donors (Lipinski definition) is 2. The second-order valence-corrected chi connectivity index (χ2v) is 11.1. The van der Waals surface area contributed by atoms with Crippen molar-refractivity contribution >= 4 is 40.8 Å². The third kappa shape index (κ3) is 7.60. The van der Waals surface area contributed by atoms with Crippen LogP contribution in [0, 0.1) is 5.41 Å². The second kappa shape index (κ2) is 12.2. The molecule has 0 saturated heterocycles. The first-order valence-corrected chi connectivity index (χ1v) is 13.0. The van der Waals surface area contributed by atoms with E-state index in [0.29, 0.717) is 17.0 Å². The van der Waals surface area contributed by atoms with E-state index in [2.05, 4.69) is 0 Å². The number of alkyl halides is 1. The van der Waals surface area contributed by atoms with E-state index < -0.39 is 34.6 Å². The quantitative estimate of drug-likeness (QED) is 0.341. The molecule has 2 unspecified atom stereocenters. The minimum atomic E-state index is -1.33. The van der Waals surface area contributed by atoms with Gasteiger partial charge in [-0.25, -0.2) is 4.79 Å². The Balaban J connectivity index is 1.74. The molecule has 3 atom stereocenters. The Morgan fingerprint density at radius 3 is 2.43 bits per heavy atom. The van der Waals surface area contributed by atoms with Crippen LogP contribution in [0.3, 0.4) is 0 Å². The number of aliphatic hydroxyl groups is 1. The van der Waals surface area contributed by atoms with Gasteiger partial charge >= 0.3 is 12.1 Å². The van der Waals surface area contributed by atoms with Crippen LogP contribution in [0.2, 0.25) is 5.02 Å². The number of nitrogens with zero attached hydrogens (tertiary/aromatic N) is 1. The van der Waals surface area contributed by atoms with Crippen LogP contribution in [0.15, 0.2) is 72.8 Å². The number of hydrogen-bond acceptors (Lipinski definition) is 4. The number of halogens is 2. The Morgan fingerprint density at radius 2 is 1.84 bits per heavy atom. The molecule has 0 aromatic heterocycles. The van der Waals surface area contributed by atoms with E-state index in [1.807, 2.05) is 30.3 Å². The van der Waals surface area contributed by atoms with Crippen molar-refractivity contribution in [1.29, 1.82) is 0 Å². The van der Waals surface area contributed by atoms with Gasteiger partial charge in [0.25, 0.3) is 0 Å². The molecule has 1 amide bonds. The van der Waals surface area contributed by atoms with Gasteiger partial charge in [-0.2, -0.15) is 0 Å². The van der Waals surface area contributed by atoms with Crippen LogP contribution in [0.25, 0.3) is 5.57 Å². The number of aliphatic carboxylic acids is 1. The summed E-state index contributed by atoms with van der Waals surface area (Å²) in [7, 11) is 0. The maximum Gasteiger partial charge on any atom is 0.410 e. The normalized spacial score (nSPS) is 20.2. The summed E-state index contributed by atoms with van der Waals surface area (Å²) in [4.78, 5) is 26.7. The van der Waals surface area contributed by atoms with Crippen molar-refractivity contribution in [3.05, 3.63) is 89.0 Å². The Bertz CT molecular complexity index is 1160. The summed E-state index contributed by atoms with van der Waals surface area (Å²) < 4.78 is 5.54. The van der Waals surface area contributed by atoms with Gasteiger partial charge in [0.1, 0.15) is 11.0 Å². The van der Waals surface area contributed by atoms with Crippen LogP contribution in [-0.2, 0) is 9.53 Å². The lowest BCUT2D eigenvalue weighted by Gasteiger charge is -2.34. The van der Waals surface area contributed by atoms with Gasteiger partial charge in [0.2, 0.25) is 0 Å². The summed E-state index contributed by atoms with van der Waals surface area (Å²) in [5, 5.41) is 20.6. The fourth-order valence-electron chi connectivity index (χ4n) is 4.21. The van der Waals surface area contributed by atoms with Gasteiger partial charge in [-0.05, 0) is 62.4 Å². The molecule has 37 heavy (non-hydrogen) atoms. The van der Waals surface area contributed by atoms with E-state index >= 15 is 0 Å². The van der Waals surface area contributed by atoms with Gasteiger partial charge in [0, 0.05) is 11.6 Å². The summed E-state index contributed by atoms with van der Waals surface area (Å²) in [6.45, 7) is 5.42. The number of carboxylic acid groups (broad SMARTS) is 1. The predicted molar refractivity (Wildman–Crippen MR) is 147 cm³/mol. The van der Waals surface area contributed by atoms with Gasteiger partial charge < -0.3 is 19.8 Å². The van der Waals surface area contributed by atoms with Crippen LogP contribution in [0.4, 0.5) is 4.79 Å². The van der Waals surface area contributed by atoms with Crippen molar-refractivity contribution in [1.82, 2.24) is 4.90 Å². The summed E-state index contributed by atoms with van der Waals surface area (Å²) in [5.74, 6) is -1.03. The molecule has 0 saturated carbocycles. The maximum absolute atomic E-state index is 13.0. The molecule has 2 aromatic rings. The van der Waals surface area contributed by atoms with Gasteiger partial charge in [0.05, 0.1) is 18.0 Å². The zero-order valence-electron chi connectivity index (χ0n) is 21.2. The minimum absolute atomic E-state index is 0.0342. The summed E-state index contributed by atoms with van der Waals surface area (Å²) in [6, 6.07) is 16.4. The molecule has 3 rings (SSSR count). The number of benzene rings is 2. The van der Waals surface area contributed by atoms with Crippen molar-refractivity contribution < 1.29 is 24.5 Å². The predicted octanol–water partition coefficient (Wildman–Crippen LogP) is 6.72. The van der Waals surface area contributed by atoms with Crippen molar-refractivity contribution in [2.45, 2.75) is 50.7 Å². The van der Waals surface area contributed by atoms with E-state index in [1.54, 1.807) is 63.3 Å². The lowest BCUT2D eigenvalue weighted by Crippen LogP contribution is -2.42. The molecule has 1 aliphatic rings. The number of allylic oxidation sites excluding steroid dienone is 3. The smallest absolute Gasteiger partial charge is 0.410 e. The first-order valence-electron chi connectivity index (χ1n) is 12.2. The second-order valence-electron chi connectivity index (χ2n) is 10.2. The Hall–Kier alpha value is -2.80. The number of carboxylic acids is 1. The van der Waals surface area contributed by atoms with Crippen molar-refractivity contribution in [3.63, 3.8) is 0 Å². The highest BCUT2D eigenvalue weighted by molar-refractivity contribution is 6.30. The average molecular weight is 546 g/mol. The van der Waals surface area contributed by atoms with E-state index in [9.17, 15) is 19.8 Å². The number of amides is 1. The zero-order chi connectivity index (χ0) is 27.2. The number of aliphatic hydroxyl groups excluding tert-OH is 1. The highest BCUT2D eigenvalue weighted by Crippen LogP contribution is 2.41. The van der Waals surface area contributed by atoms with Crippen molar-refractivity contribution in [2.24, 2.45) is 5.41 Å². The molecule has 0 fully saturated rings. The molecule has 8 heteroatoms. The molecule has 198 valence electrons. The highest BCUT2D eigenvalue weighted by Gasteiger charge is 2.43. The van der Waals surface area contributed by atoms with Crippen molar-refractivity contribution in [2.75, 3.05) is 13.1 Å². The average Bonchev–Trinajstić information content (AvgIpc) is 2.83. The lowest BCUT2D eigenvalue weighted by molar-refractivity contribution is -0.146. The van der Waals surface area contributed by atoms with Crippen LogP contribution >= 0.6 is 23.2 Å². The Morgan fingerprint density at radius 1 is 1.14 bits per heavy atom. The first kappa shape index (κ1) is 28.8. The van der Waals surface area contributed by atoms with Crippen LogP contribution < -0.4 is 0 Å². The van der Waals surface area contributed by atoms with Gasteiger partial charge in [-0.15, -0.1) is 11.6 Å². The molecule has 0 bridgehead atoms. The molecule has 0 spiro atoms. The van der Waals surface area contributed by atoms with Gasteiger partial charge in [-0.3, -0.25) is 4.79 Å². The van der Waals surface area contributed by atoms with E-state index in [4.69, 9.17) is 27.9 Å². The SMILES string of the molecule is CC(C)(C)OC(=O)N(CCCC1(C(=O)O)C=CC(c2ccccc2)=CC1Cl)C[C@H](O)c1cccc(Cl)c1. The monoisotopic (exact) mass is 545 g/mol. The molecule has 6 nitrogen and oxygen atoms in total. The molecular formula is C29H33Cl2NO5. The van der Waals surface area contributed by atoms with Crippen LogP contribution in [-0.4, -0.2) is 51.2 Å². The first-order chi connectivity index (χ1) is 17.4. The minimum Gasteiger partial charge on any atom is -0.481 e. The summed E-state index contributed by atoms with van der Waals surface area (Å²) in [5.41, 5.74) is 0.319. The van der Waals surface area contributed by atoms with Crippen LogP contribution in [0.1, 0.15) is 50.8 Å². The Labute approximate surface area is 228 Å². The molecule has 0 radical (unpaired) electrons. The highest BCUT2D eigenvalue weighted by atomic mass is 35.5. The summed E-state index contributed by atoms with van der Waals surface area (Å²) >= 11 is 12.7. The fourth-order valence-corrected chi connectivity index (χ4v) is 4.82. The van der Waals surface area contributed by atoms with E-state index in [-0.39, 0.29) is 19.5 Å². The molecule has 2 aromatic carbocycles. The number of rotatable bonds is 9. The summed E-state index contributed by atoms with van der Waals surface area (Å²) in [6.07, 6.45) is 4.13. The standard InChI is InChI=1S/C29H33Cl2NO5/c1-28(2,3)37-27(36)32(19-24(33)22-11-7-12-23(30)17-22)16-8-14-29(26(34)35)15-13-21(18-25(29)31)20-9-5-4-6-10-20/h4-7,9-13,15,17-18,24-25,33H,8,14,16,19H2,1-3H3,(H,34,35)/t24-,25?,29?/m0/s1. The van der Waals surface area contributed by atoms with Gasteiger partial charge in [0.15, 0.2) is 0 Å². The molecule has 2 N–H and O–H groups in total. The van der Waals surface area contributed by atoms with E-state index in [1.165, 1.54) is 4.90 Å². The molecular weight excluding hydrogens is 513 g/mol. The third-order valence-corrected chi connectivity index (χ3v) is 6.93. The largest absolute Gasteiger partial charge is 0.481 e. The third-order valence-electron chi connectivity index (χ3n) is 6.18. The number of carbonyl (C=O) groups is 2. The maximum atomic E-state index is 13.0. The van der Waals surface area contributed by atoms with Crippen molar-refractivity contribution in [3.8, 4) is 0 Å². The van der Waals surface area contributed by atoms with Crippen LogP contribution in [0.5, 0.6) is 0 Å². The number of carbonyl (C=O) groups excluding carboxylic acids is 1. The van der Waals surface area contributed by atoms with E-state index in [0.717, 1.165) is 11.1 Å². The molecule has 0 aliphatic heterocycles. The van der Waals surface area contributed by atoms with Gasteiger partial charge in [-0.1, -0.05) is 72.3 Å². The fraction of sp³-hybridized carbons (Fsp3) is 0.379. The topological polar surface area (TPSA) is 87.1 Å². The molecule has 1 aliphatic carbocycles. The zero-order valence-corrected chi connectivity index (χ0v) is 22.7. The molecule has 0 heterocycles.